The van der Waals surface area contributed by atoms with Crippen LogP contribution >= 0.6 is 11.8 Å². The molecule has 1 aromatic rings. The van der Waals surface area contributed by atoms with E-state index in [1.165, 1.54) is 12.1 Å². The number of nitrogens with one attached hydrogen (secondary N) is 1. The summed E-state index contributed by atoms with van der Waals surface area (Å²) in [6.45, 7) is 0. The summed E-state index contributed by atoms with van der Waals surface area (Å²) in [6, 6.07) is 4.17. The highest BCUT2D eigenvalue weighted by Crippen LogP contribution is 2.27. The van der Waals surface area contributed by atoms with Gasteiger partial charge in [0.1, 0.15) is 0 Å². The van der Waals surface area contributed by atoms with E-state index in [1.54, 1.807) is 6.07 Å². The van der Waals surface area contributed by atoms with Gasteiger partial charge in [0.2, 0.25) is 0 Å². The van der Waals surface area contributed by atoms with E-state index in [-0.39, 0.29) is 6.04 Å². The minimum Gasteiger partial charge on any atom is -0.271 e. The fraction of sp³-hybridized carbons (Fsp3) is 0.500. The molecule has 1 aliphatic rings. The molecule has 2 nitrogen and oxygen atoms in total. The van der Waals surface area contributed by atoms with Gasteiger partial charge in [0.15, 0.2) is 11.6 Å². The Morgan fingerprint density at radius 3 is 2.82 bits per heavy atom. The van der Waals surface area contributed by atoms with E-state index in [1.807, 2.05) is 11.8 Å². The van der Waals surface area contributed by atoms with Gasteiger partial charge in [-0.3, -0.25) is 11.3 Å². The molecule has 1 saturated heterocycles. The van der Waals surface area contributed by atoms with Crippen molar-refractivity contribution in [1.82, 2.24) is 5.43 Å². The normalized spacial score (nSPS) is 21.7. The maximum absolute atomic E-state index is 13.1. The number of hydrazine groups is 1. The number of thioether (sulfide) groups is 1. The van der Waals surface area contributed by atoms with E-state index < -0.39 is 11.6 Å². The van der Waals surface area contributed by atoms with Gasteiger partial charge in [-0.1, -0.05) is 6.07 Å². The second-order valence-electron chi connectivity index (χ2n) is 4.35. The summed E-state index contributed by atoms with van der Waals surface area (Å²) in [4.78, 5) is 0. The highest BCUT2D eigenvalue weighted by atomic mass is 32.2. The van der Waals surface area contributed by atoms with Crippen LogP contribution in [0.2, 0.25) is 0 Å². The van der Waals surface area contributed by atoms with Crippen molar-refractivity contribution in [2.24, 2.45) is 11.8 Å². The van der Waals surface area contributed by atoms with Gasteiger partial charge in [0.05, 0.1) is 0 Å². The van der Waals surface area contributed by atoms with Crippen LogP contribution in [0.5, 0.6) is 0 Å². The van der Waals surface area contributed by atoms with Crippen LogP contribution in [0.1, 0.15) is 12.0 Å². The lowest BCUT2D eigenvalue weighted by Gasteiger charge is -2.22. The Bertz CT molecular complexity index is 381. The van der Waals surface area contributed by atoms with Crippen LogP contribution in [0.15, 0.2) is 18.2 Å². The summed E-state index contributed by atoms with van der Waals surface area (Å²) in [5, 5.41) is 0. The Morgan fingerprint density at radius 2 is 2.24 bits per heavy atom. The van der Waals surface area contributed by atoms with Gasteiger partial charge >= 0.3 is 0 Å². The van der Waals surface area contributed by atoms with Crippen molar-refractivity contribution >= 4 is 11.8 Å². The minimum absolute atomic E-state index is 0.134. The van der Waals surface area contributed by atoms with Gasteiger partial charge in [-0.15, -0.1) is 0 Å². The number of hydrogen-bond acceptors (Lipinski definition) is 3. The number of rotatable bonds is 4. The first kappa shape index (κ1) is 12.8. The third-order valence-electron chi connectivity index (χ3n) is 3.19. The van der Waals surface area contributed by atoms with E-state index in [0.29, 0.717) is 12.3 Å². The van der Waals surface area contributed by atoms with E-state index >= 15 is 0 Å². The van der Waals surface area contributed by atoms with Crippen molar-refractivity contribution in [2.75, 3.05) is 11.5 Å². The molecule has 5 heteroatoms. The molecule has 0 bridgehead atoms. The van der Waals surface area contributed by atoms with Gasteiger partial charge in [0, 0.05) is 6.04 Å². The summed E-state index contributed by atoms with van der Waals surface area (Å²) < 4.78 is 25.9. The second kappa shape index (κ2) is 5.80. The van der Waals surface area contributed by atoms with Crippen molar-refractivity contribution in [1.29, 1.82) is 0 Å². The molecule has 0 radical (unpaired) electrons. The van der Waals surface area contributed by atoms with Gasteiger partial charge in [0.25, 0.3) is 0 Å². The molecule has 2 rings (SSSR count). The summed E-state index contributed by atoms with van der Waals surface area (Å²) in [5.74, 6) is 6.69. The molecule has 1 fully saturated rings. The Morgan fingerprint density at radius 1 is 1.41 bits per heavy atom. The standard InChI is InChI=1S/C12H16F2N2S/c13-10-2-1-8(5-11(10)14)6-12(16-15)9-3-4-17-7-9/h1-2,5,9,12,16H,3-4,6-7,15H2. The highest BCUT2D eigenvalue weighted by molar-refractivity contribution is 7.99. The lowest BCUT2D eigenvalue weighted by atomic mass is 9.93. The summed E-state index contributed by atoms with van der Waals surface area (Å²) in [5.41, 5.74) is 3.58. The Labute approximate surface area is 104 Å². The van der Waals surface area contributed by atoms with Crippen LogP contribution in [0.4, 0.5) is 8.78 Å². The summed E-state index contributed by atoms with van der Waals surface area (Å²) >= 11 is 1.91. The van der Waals surface area contributed by atoms with Crippen LogP contribution < -0.4 is 11.3 Å². The zero-order valence-electron chi connectivity index (χ0n) is 9.46. The SMILES string of the molecule is NNC(Cc1ccc(F)c(F)c1)C1CCSC1. The zero-order chi connectivity index (χ0) is 12.3. The molecular weight excluding hydrogens is 242 g/mol. The summed E-state index contributed by atoms with van der Waals surface area (Å²) in [7, 11) is 0. The van der Waals surface area contributed by atoms with Crippen LogP contribution in [0.3, 0.4) is 0 Å². The lowest BCUT2D eigenvalue weighted by Crippen LogP contribution is -2.42. The quantitative estimate of drug-likeness (QED) is 0.641. The molecule has 1 aromatic carbocycles. The molecule has 94 valence electrons. The fourth-order valence-electron chi connectivity index (χ4n) is 2.15. The van der Waals surface area contributed by atoms with Gasteiger partial charge in [-0.05, 0) is 48.0 Å². The first-order chi connectivity index (χ1) is 8.20. The average molecular weight is 258 g/mol. The van der Waals surface area contributed by atoms with Gasteiger partial charge in [-0.2, -0.15) is 11.8 Å². The van der Waals surface area contributed by atoms with Crippen molar-refractivity contribution < 1.29 is 8.78 Å². The molecule has 1 heterocycles. The number of hydrogen-bond donors (Lipinski definition) is 2. The third-order valence-corrected chi connectivity index (χ3v) is 4.38. The molecule has 2 atom stereocenters. The van der Waals surface area contributed by atoms with E-state index in [4.69, 9.17) is 5.84 Å². The second-order valence-corrected chi connectivity index (χ2v) is 5.50. The number of halogens is 2. The van der Waals surface area contributed by atoms with E-state index in [9.17, 15) is 8.78 Å². The smallest absolute Gasteiger partial charge is 0.159 e. The molecule has 0 amide bonds. The van der Waals surface area contributed by atoms with Crippen LogP contribution in [0.25, 0.3) is 0 Å². The molecule has 0 spiro atoms. The van der Waals surface area contributed by atoms with Crippen LogP contribution in [-0.4, -0.2) is 17.5 Å². The van der Waals surface area contributed by atoms with Crippen molar-refractivity contribution in [3.8, 4) is 0 Å². The predicted molar refractivity (Wildman–Crippen MR) is 66.6 cm³/mol. The Balaban J connectivity index is 2.04. The van der Waals surface area contributed by atoms with Gasteiger partial charge < -0.3 is 0 Å². The van der Waals surface area contributed by atoms with E-state index in [2.05, 4.69) is 5.43 Å². The molecule has 0 saturated carbocycles. The number of benzene rings is 1. The van der Waals surface area contributed by atoms with E-state index in [0.717, 1.165) is 23.5 Å². The summed E-state index contributed by atoms with van der Waals surface area (Å²) in [6.07, 6.45) is 1.77. The molecule has 0 aliphatic carbocycles. The topological polar surface area (TPSA) is 38.0 Å². The molecular formula is C12H16F2N2S. The lowest BCUT2D eigenvalue weighted by molar-refractivity contribution is 0.385. The molecule has 17 heavy (non-hydrogen) atoms. The highest BCUT2D eigenvalue weighted by Gasteiger charge is 2.24. The molecule has 0 aromatic heterocycles. The maximum atomic E-state index is 13.1. The van der Waals surface area contributed by atoms with Crippen molar-refractivity contribution in [3.05, 3.63) is 35.4 Å². The molecule has 1 aliphatic heterocycles. The van der Waals surface area contributed by atoms with Crippen molar-refractivity contribution in [3.63, 3.8) is 0 Å². The van der Waals surface area contributed by atoms with Gasteiger partial charge in [-0.25, -0.2) is 8.78 Å². The van der Waals surface area contributed by atoms with Crippen LogP contribution in [0, 0.1) is 17.6 Å². The first-order valence-corrected chi connectivity index (χ1v) is 6.84. The molecule has 2 unspecified atom stereocenters. The largest absolute Gasteiger partial charge is 0.271 e. The maximum Gasteiger partial charge on any atom is 0.159 e. The Hall–Kier alpha value is -0.650. The third kappa shape index (κ3) is 3.18. The van der Waals surface area contributed by atoms with Crippen molar-refractivity contribution in [2.45, 2.75) is 18.9 Å². The average Bonchev–Trinajstić information content (AvgIpc) is 2.84. The van der Waals surface area contributed by atoms with Crippen LogP contribution in [-0.2, 0) is 6.42 Å². The zero-order valence-corrected chi connectivity index (χ0v) is 10.3. The Kier molecular flexibility index (Phi) is 4.36. The fourth-order valence-corrected chi connectivity index (χ4v) is 3.49. The first-order valence-electron chi connectivity index (χ1n) is 5.68. The molecule has 3 N–H and O–H groups in total. The predicted octanol–water partition coefficient (Wildman–Crippen LogP) is 2.09. The monoisotopic (exact) mass is 258 g/mol. The number of nitrogens with two attached hydrogens (primary N) is 1. The minimum atomic E-state index is -0.803.